The highest BCUT2D eigenvalue weighted by molar-refractivity contribution is 5.96. The van der Waals surface area contributed by atoms with Gasteiger partial charge in [0.25, 0.3) is 11.8 Å². The second-order valence-electron chi connectivity index (χ2n) is 9.99. The molecule has 7 heteroatoms. The van der Waals surface area contributed by atoms with E-state index in [0.29, 0.717) is 41.9 Å². The van der Waals surface area contributed by atoms with E-state index in [1.807, 2.05) is 60.7 Å². The molecule has 0 spiro atoms. The van der Waals surface area contributed by atoms with Gasteiger partial charge in [-0.15, -0.1) is 6.58 Å². The molecule has 3 atom stereocenters. The Labute approximate surface area is 223 Å². The van der Waals surface area contributed by atoms with Crippen molar-refractivity contribution in [1.82, 2.24) is 15.6 Å². The second kappa shape index (κ2) is 11.5. The van der Waals surface area contributed by atoms with E-state index in [9.17, 15) is 9.59 Å². The summed E-state index contributed by atoms with van der Waals surface area (Å²) in [7, 11) is 1.62. The van der Waals surface area contributed by atoms with Crippen LogP contribution in [0.15, 0.2) is 79.5 Å². The van der Waals surface area contributed by atoms with Crippen LogP contribution in [-0.4, -0.2) is 42.0 Å². The lowest BCUT2D eigenvalue weighted by molar-refractivity contribution is 0.0923. The topological polar surface area (TPSA) is 83.6 Å². The number of fused-ring (bicyclic) bond motifs is 2. The van der Waals surface area contributed by atoms with Gasteiger partial charge in [0.2, 0.25) is 0 Å². The molecule has 0 unspecified atom stereocenters. The first-order valence-corrected chi connectivity index (χ1v) is 13.2. The lowest BCUT2D eigenvalue weighted by Crippen LogP contribution is -2.51. The van der Waals surface area contributed by atoms with Gasteiger partial charge >= 0.3 is 0 Å². The summed E-state index contributed by atoms with van der Waals surface area (Å²) in [5, 5.41) is 6.24. The summed E-state index contributed by atoms with van der Waals surface area (Å²) in [6, 6.07) is 19.9. The molecule has 196 valence electrons. The maximum absolute atomic E-state index is 13.2. The number of piperidine rings is 1. The predicted octanol–water partition coefficient (Wildman–Crippen LogP) is 4.68. The summed E-state index contributed by atoms with van der Waals surface area (Å²) < 4.78 is 5.48. The second-order valence-corrected chi connectivity index (χ2v) is 9.99. The van der Waals surface area contributed by atoms with Gasteiger partial charge in [-0.05, 0) is 61.9 Å². The Morgan fingerprint density at radius 1 is 1.03 bits per heavy atom. The molecule has 2 aromatic carbocycles. The van der Waals surface area contributed by atoms with Crippen molar-refractivity contribution in [3.05, 3.63) is 102 Å². The smallest absolute Gasteiger partial charge is 0.253 e. The molecular formula is C31H34N4O3. The highest BCUT2D eigenvalue weighted by atomic mass is 16.5. The number of carbonyl (C=O) groups excluding carboxylic acids is 2. The van der Waals surface area contributed by atoms with Crippen molar-refractivity contribution in [2.75, 3.05) is 12.0 Å². The van der Waals surface area contributed by atoms with Crippen molar-refractivity contribution in [2.24, 2.45) is 0 Å². The molecule has 2 saturated heterocycles. The van der Waals surface area contributed by atoms with Crippen molar-refractivity contribution >= 4 is 17.6 Å². The zero-order valence-electron chi connectivity index (χ0n) is 21.7. The average Bonchev–Trinajstić information content (AvgIpc) is 3.22. The molecule has 38 heavy (non-hydrogen) atoms. The molecule has 2 aliphatic heterocycles. The minimum atomic E-state index is -0.134. The molecule has 2 bridgehead atoms. The van der Waals surface area contributed by atoms with E-state index < -0.39 is 0 Å². The molecule has 2 N–H and O–H groups in total. The van der Waals surface area contributed by atoms with Crippen molar-refractivity contribution in [3.63, 3.8) is 0 Å². The normalized spacial score (nSPS) is 20.0. The first-order chi connectivity index (χ1) is 18.6. The summed E-state index contributed by atoms with van der Waals surface area (Å²) >= 11 is 0. The number of pyridine rings is 1. The highest BCUT2D eigenvalue weighted by Gasteiger charge is 2.42. The van der Waals surface area contributed by atoms with Crippen LogP contribution in [0.1, 0.15) is 57.5 Å². The van der Waals surface area contributed by atoms with Crippen LogP contribution in [0.5, 0.6) is 5.75 Å². The van der Waals surface area contributed by atoms with E-state index in [-0.39, 0.29) is 17.9 Å². The van der Waals surface area contributed by atoms with E-state index in [1.165, 1.54) is 0 Å². The molecular weight excluding hydrogens is 476 g/mol. The summed E-state index contributed by atoms with van der Waals surface area (Å²) in [6.45, 7) is 4.31. The van der Waals surface area contributed by atoms with Gasteiger partial charge in [0.1, 0.15) is 11.6 Å². The lowest BCUT2D eigenvalue weighted by atomic mass is 9.96. The van der Waals surface area contributed by atoms with Gasteiger partial charge in [-0.1, -0.05) is 42.5 Å². The summed E-state index contributed by atoms with van der Waals surface area (Å²) in [5.41, 5.74) is 3.11. The minimum absolute atomic E-state index is 0.0670. The lowest BCUT2D eigenvalue weighted by Gasteiger charge is -2.40. The van der Waals surface area contributed by atoms with Crippen LogP contribution >= 0.6 is 0 Å². The maximum atomic E-state index is 13.2. The number of ether oxygens (including phenoxy) is 1. The van der Waals surface area contributed by atoms with Gasteiger partial charge < -0.3 is 20.3 Å². The zero-order chi connectivity index (χ0) is 26.5. The Morgan fingerprint density at radius 3 is 2.45 bits per heavy atom. The molecule has 3 aromatic rings. The maximum Gasteiger partial charge on any atom is 0.253 e. The predicted molar refractivity (Wildman–Crippen MR) is 149 cm³/mol. The fourth-order valence-corrected chi connectivity index (χ4v) is 5.81. The zero-order valence-corrected chi connectivity index (χ0v) is 21.7. The van der Waals surface area contributed by atoms with E-state index in [4.69, 9.17) is 4.74 Å². The monoisotopic (exact) mass is 510 g/mol. The van der Waals surface area contributed by atoms with Crippen LogP contribution in [0.2, 0.25) is 0 Å². The average molecular weight is 511 g/mol. The van der Waals surface area contributed by atoms with Gasteiger partial charge in [0.15, 0.2) is 0 Å². The summed E-state index contributed by atoms with van der Waals surface area (Å²) in [6.07, 6.45) is 7.89. The molecule has 2 aliphatic rings. The van der Waals surface area contributed by atoms with Crippen LogP contribution in [-0.2, 0) is 13.0 Å². The number of amides is 2. The first kappa shape index (κ1) is 25.5. The molecule has 7 nitrogen and oxygen atoms in total. The first-order valence-electron chi connectivity index (χ1n) is 13.2. The third-order valence-electron chi connectivity index (χ3n) is 7.58. The van der Waals surface area contributed by atoms with Crippen LogP contribution in [0, 0.1) is 0 Å². The Morgan fingerprint density at radius 2 is 1.79 bits per heavy atom. The van der Waals surface area contributed by atoms with Gasteiger partial charge in [-0.25, -0.2) is 4.98 Å². The number of methoxy groups -OCH3 is 1. The van der Waals surface area contributed by atoms with E-state index in [2.05, 4.69) is 27.1 Å². The van der Waals surface area contributed by atoms with Crippen molar-refractivity contribution in [3.8, 4) is 5.75 Å². The molecule has 0 aliphatic carbocycles. The fraction of sp³-hybridized carbons (Fsp3) is 0.323. The SMILES string of the molecule is C=CCc1c(OC)cccc1C(=O)N[C@H]1C[C@H]2CC[C@@H](C1)N2c1ccc(C(=O)NCc2ccccc2)cn1. The van der Waals surface area contributed by atoms with Gasteiger partial charge in [-0.3, -0.25) is 9.59 Å². The van der Waals surface area contributed by atoms with E-state index >= 15 is 0 Å². The fourth-order valence-electron chi connectivity index (χ4n) is 5.81. The number of benzene rings is 2. The van der Waals surface area contributed by atoms with Crippen molar-refractivity contribution < 1.29 is 14.3 Å². The Hall–Kier alpha value is -4.13. The number of nitrogens with zero attached hydrogens (tertiary/aromatic N) is 2. The third-order valence-corrected chi connectivity index (χ3v) is 7.58. The number of hydrogen-bond acceptors (Lipinski definition) is 5. The number of nitrogens with one attached hydrogen (secondary N) is 2. The van der Waals surface area contributed by atoms with Gasteiger partial charge in [0.05, 0.1) is 12.7 Å². The Kier molecular flexibility index (Phi) is 7.73. The number of aromatic nitrogens is 1. The highest BCUT2D eigenvalue weighted by Crippen LogP contribution is 2.38. The Balaban J connectivity index is 1.21. The van der Waals surface area contributed by atoms with Gasteiger partial charge in [0, 0.05) is 42.0 Å². The molecule has 5 rings (SSSR count). The van der Waals surface area contributed by atoms with Crippen LogP contribution in [0.25, 0.3) is 0 Å². The summed E-state index contributed by atoms with van der Waals surface area (Å²) in [4.78, 5) is 32.9. The molecule has 0 radical (unpaired) electrons. The number of rotatable bonds is 9. The van der Waals surface area contributed by atoms with E-state index in [1.54, 1.807) is 19.4 Å². The van der Waals surface area contributed by atoms with Crippen LogP contribution < -0.4 is 20.3 Å². The quantitative estimate of drug-likeness (QED) is 0.409. The number of anilines is 1. The molecule has 2 fully saturated rings. The van der Waals surface area contributed by atoms with E-state index in [0.717, 1.165) is 42.6 Å². The standard InChI is InChI=1S/C31H34N4O3/c1-3-8-26-27(11-7-12-28(26)38-2)31(37)34-23-17-24-14-15-25(18-23)35(24)29-16-13-22(20-32-29)30(36)33-19-21-9-5-4-6-10-21/h3-7,9-13,16,20,23-25H,1,8,14-15,17-19H2,2H3,(H,33,36)(H,34,37)/t23-,24+,25-. The molecule has 0 saturated carbocycles. The number of hydrogen-bond donors (Lipinski definition) is 2. The minimum Gasteiger partial charge on any atom is -0.496 e. The van der Waals surface area contributed by atoms with Crippen LogP contribution in [0.4, 0.5) is 5.82 Å². The third kappa shape index (κ3) is 5.42. The number of carbonyl (C=O) groups is 2. The van der Waals surface area contributed by atoms with Crippen LogP contribution in [0.3, 0.4) is 0 Å². The number of allylic oxidation sites excluding steroid dienone is 1. The molecule has 1 aromatic heterocycles. The largest absolute Gasteiger partial charge is 0.496 e. The van der Waals surface area contributed by atoms with Crippen molar-refractivity contribution in [2.45, 2.75) is 56.8 Å². The molecule has 2 amide bonds. The summed E-state index contributed by atoms with van der Waals surface area (Å²) in [5.74, 6) is 1.40. The molecule has 3 heterocycles. The van der Waals surface area contributed by atoms with Gasteiger partial charge in [-0.2, -0.15) is 0 Å². The van der Waals surface area contributed by atoms with Crippen molar-refractivity contribution in [1.29, 1.82) is 0 Å². The Bertz CT molecular complexity index is 1280.